The van der Waals surface area contributed by atoms with Crippen molar-refractivity contribution in [1.29, 1.82) is 0 Å². The molecule has 1 rings (SSSR count). The summed E-state index contributed by atoms with van der Waals surface area (Å²) in [5.74, 6) is 0. The fourth-order valence-electron chi connectivity index (χ4n) is 0.828. The van der Waals surface area contributed by atoms with E-state index < -0.39 is 10.1 Å². The van der Waals surface area contributed by atoms with E-state index in [0.29, 0.717) is 5.02 Å². The molecule has 1 aromatic carbocycles. The molecule has 0 aliphatic heterocycles. The monoisotopic (exact) mass is 232 g/mol. The minimum absolute atomic E-state index is 0.0468. The molecule has 0 fully saturated rings. The van der Waals surface area contributed by atoms with Gasteiger partial charge in [-0.3, -0.25) is 4.18 Å². The van der Waals surface area contributed by atoms with Crippen molar-refractivity contribution in [2.75, 3.05) is 6.61 Å². The van der Waals surface area contributed by atoms with Gasteiger partial charge in [0.2, 0.25) is 0 Å². The van der Waals surface area contributed by atoms with Crippen LogP contribution < -0.4 is 0 Å². The molecule has 0 aliphatic rings. The summed E-state index contributed by atoms with van der Waals surface area (Å²) in [5, 5.41) is 0.355. The second kappa shape index (κ2) is 4.59. The van der Waals surface area contributed by atoms with Gasteiger partial charge in [0.05, 0.1) is 11.5 Å². The lowest BCUT2D eigenvalue weighted by Gasteiger charge is -2.02. The van der Waals surface area contributed by atoms with Gasteiger partial charge in [-0.05, 0) is 18.2 Å². The molecule has 0 N–H and O–H groups in total. The van der Waals surface area contributed by atoms with E-state index >= 15 is 0 Å². The van der Waals surface area contributed by atoms with Crippen LogP contribution >= 0.6 is 11.6 Å². The third-order valence-electron chi connectivity index (χ3n) is 1.43. The van der Waals surface area contributed by atoms with E-state index in [1.165, 1.54) is 18.2 Å². The zero-order chi connectivity index (χ0) is 10.6. The fourth-order valence-corrected chi connectivity index (χ4v) is 2.01. The third-order valence-corrected chi connectivity index (χ3v) is 2.94. The Morgan fingerprint density at radius 2 is 2.21 bits per heavy atom. The molecule has 14 heavy (non-hydrogen) atoms. The molecule has 0 unspecified atom stereocenters. The second-order valence-electron chi connectivity index (χ2n) is 2.48. The van der Waals surface area contributed by atoms with Crippen LogP contribution in [0.5, 0.6) is 0 Å². The summed E-state index contributed by atoms with van der Waals surface area (Å²) in [4.78, 5) is 0.0480. The van der Waals surface area contributed by atoms with Gasteiger partial charge in [-0.2, -0.15) is 8.42 Å². The summed E-state index contributed by atoms with van der Waals surface area (Å²) in [5.41, 5.74) is 0. The highest BCUT2D eigenvalue weighted by molar-refractivity contribution is 7.86. The van der Waals surface area contributed by atoms with Crippen molar-refractivity contribution in [2.24, 2.45) is 0 Å². The quantitative estimate of drug-likeness (QED) is 0.591. The predicted octanol–water partition coefficient (Wildman–Crippen LogP) is 2.23. The maximum absolute atomic E-state index is 11.4. The van der Waals surface area contributed by atoms with E-state index in [4.69, 9.17) is 11.6 Å². The maximum Gasteiger partial charge on any atom is 0.297 e. The van der Waals surface area contributed by atoms with Crippen LogP contribution in [0.25, 0.3) is 0 Å². The summed E-state index contributed by atoms with van der Waals surface area (Å²) < 4.78 is 27.4. The highest BCUT2D eigenvalue weighted by Gasteiger charge is 2.13. The zero-order valence-electron chi connectivity index (χ0n) is 7.31. The summed E-state index contributed by atoms with van der Waals surface area (Å²) in [6.45, 7) is 3.31. The maximum atomic E-state index is 11.4. The molecular weight excluding hydrogens is 224 g/mol. The molecule has 1 aromatic rings. The molecule has 0 saturated heterocycles. The van der Waals surface area contributed by atoms with Gasteiger partial charge in [-0.15, -0.1) is 6.58 Å². The van der Waals surface area contributed by atoms with Crippen LogP contribution in [0.1, 0.15) is 0 Å². The van der Waals surface area contributed by atoms with Crippen molar-refractivity contribution in [2.45, 2.75) is 4.90 Å². The van der Waals surface area contributed by atoms with E-state index in [-0.39, 0.29) is 11.5 Å². The molecule has 3 nitrogen and oxygen atoms in total. The number of hydrogen-bond acceptors (Lipinski definition) is 3. The first-order chi connectivity index (χ1) is 6.56. The van der Waals surface area contributed by atoms with Crippen LogP contribution in [0.4, 0.5) is 0 Å². The summed E-state index contributed by atoms with van der Waals surface area (Å²) >= 11 is 5.64. The topological polar surface area (TPSA) is 43.4 Å². The van der Waals surface area contributed by atoms with Gasteiger partial charge in [-0.25, -0.2) is 0 Å². The minimum atomic E-state index is -3.70. The van der Waals surface area contributed by atoms with Gasteiger partial charge in [-0.1, -0.05) is 23.7 Å². The summed E-state index contributed by atoms with van der Waals surface area (Å²) in [7, 11) is -3.70. The number of rotatable bonds is 4. The lowest BCUT2D eigenvalue weighted by molar-refractivity contribution is 0.357. The highest BCUT2D eigenvalue weighted by Crippen LogP contribution is 2.17. The van der Waals surface area contributed by atoms with E-state index in [1.54, 1.807) is 12.1 Å². The Morgan fingerprint density at radius 3 is 2.79 bits per heavy atom. The first-order valence-corrected chi connectivity index (χ1v) is 5.61. The van der Waals surface area contributed by atoms with Crippen LogP contribution in [0.15, 0.2) is 41.8 Å². The van der Waals surface area contributed by atoms with Crippen molar-refractivity contribution in [3.05, 3.63) is 41.9 Å². The zero-order valence-corrected chi connectivity index (χ0v) is 8.88. The van der Waals surface area contributed by atoms with Gasteiger partial charge in [0.25, 0.3) is 10.1 Å². The van der Waals surface area contributed by atoms with Gasteiger partial charge < -0.3 is 0 Å². The Morgan fingerprint density at radius 1 is 1.50 bits per heavy atom. The SMILES string of the molecule is C=CCOS(=O)(=O)c1cccc(Cl)c1. The van der Waals surface area contributed by atoms with Crippen LogP contribution in [-0.4, -0.2) is 15.0 Å². The average Bonchev–Trinajstić information content (AvgIpc) is 2.15. The number of benzene rings is 1. The molecule has 0 amide bonds. The normalized spacial score (nSPS) is 11.2. The van der Waals surface area contributed by atoms with E-state index in [1.807, 2.05) is 0 Å². The Bertz CT molecular complexity index is 425. The predicted molar refractivity (Wildman–Crippen MR) is 54.8 cm³/mol. The Hall–Kier alpha value is -0.840. The average molecular weight is 233 g/mol. The molecule has 5 heteroatoms. The van der Waals surface area contributed by atoms with Crippen LogP contribution in [-0.2, 0) is 14.3 Å². The molecule has 0 saturated carbocycles. The van der Waals surface area contributed by atoms with Gasteiger partial charge in [0, 0.05) is 5.02 Å². The van der Waals surface area contributed by atoms with Crippen LogP contribution in [0.3, 0.4) is 0 Å². The first-order valence-electron chi connectivity index (χ1n) is 3.82. The standard InChI is InChI=1S/C9H9ClO3S/c1-2-6-13-14(11,12)9-5-3-4-8(10)7-9/h2-5,7H,1,6H2. The van der Waals surface area contributed by atoms with Crippen LogP contribution in [0, 0.1) is 0 Å². The molecule has 0 atom stereocenters. The molecule has 0 bridgehead atoms. The summed E-state index contributed by atoms with van der Waals surface area (Å²) in [6, 6.07) is 5.89. The van der Waals surface area contributed by atoms with Crippen molar-refractivity contribution in [3.63, 3.8) is 0 Å². The molecule has 0 heterocycles. The third kappa shape index (κ3) is 2.83. The van der Waals surface area contributed by atoms with Gasteiger partial charge >= 0.3 is 0 Å². The van der Waals surface area contributed by atoms with E-state index in [9.17, 15) is 8.42 Å². The molecule has 76 valence electrons. The first kappa shape index (κ1) is 11.2. The Kier molecular flexibility index (Phi) is 3.69. The molecule has 0 radical (unpaired) electrons. The van der Waals surface area contributed by atoms with Crippen molar-refractivity contribution >= 4 is 21.7 Å². The largest absolute Gasteiger partial charge is 0.297 e. The van der Waals surface area contributed by atoms with Crippen LogP contribution in [0.2, 0.25) is 5.02 Å². The molecule has 0 aromatic heterocycles. The van der Waals surface area contributed by atoms with Crippen molar-refractivity contribution in [1.82, 2.24) is 0 Å². The smallest absolute Gasteiger partial charge is 0.262 e. The van der Waals surface area contributed by atoms with Gasteiger partial charge in [0.1, 0.15) is 0 Å². The number of hydrogen-bond donors (Lipinski definition) is 0. The minimum Gasteiger partial charge on any atom is -0.262 e. The second-order valence-corrected chi connectivity index (χ2v) is 4.54. The lowest BCUT2D eigenvalue weighted by atomic mass is 10.4. The van der Waals surface area contributed by atoms with Gasteiger partial charge in [0.15, 0.2) is 0 Å². The van der Waals surface area contributed by atoms with Crippen molar-refractivity contribution < 1.29 is 12.6 Å². The molecule has 0 spiro atoms. The number of halogens is 1. The van der Waals surface area contributed by atoms with E-state index in [0.717, 1.165) is 0 Å². The Labute approximate surface area is 88.1 Å². The fraction of sp³-hybridized carbons (Fsp3) is 0.111. The molecule has 0 aliphatic carbocycles. The molecular formula is C9H9ClO3S. The summed E-state index contributed by atoms with van der Waals surface area (Å²) in [6.07, 6.45) is 1.36. The highest BCUT2D eigenvalue weighted by atomic mass is 35.5. The van der Waals surface area contributed by atoms with E-state index in [2.05, 4.69) is 10.8 Å². The van der Waals surface area contributed by atoms with Crippen molar-refractivity contribution in [3.8, 4) is 0 Å². The Balaban J connectivity index is 2.98. The lowest BCUT2D eigenvalue weighted by Crippen LogP contribution is -2.06.